The van der Waals surface area contributed by atoms with Crippen LogP contribution < -0.4 is 4.74 Å². The van der Waals surface area contributed by atoms with E-state index in [4.69, 9.17) is 4.74 Å². The molecule has 20 heavy (non-hydrogen) atoms. The van der Waals surface area contributed by atoms with Gasteiger partial charge in [0.25, 0.3) is 0 Å². The fourth-order valence-corrected chi connectivity index (χ4v) is 2.86. The first kappa shape index (κ1) is 14.9. The van der Waals surface area contributed by atoms with Crippen molar-refractivity contribution in [2.75, 3.05) is 20.2 Å². The minimum absolute atomic E-state index is 0.111. The fraction of sp³-hybridized carbons (Fsp3) is 0.562. The van der Waals surface area contributed by atoms with Gasteiger partial charge in [-0.25, -0.2) is 0 Å². The minimum atomic E-state index is -0.255. The number of hydrogen-bond donors (Lipinski definition) is 1. The molecule has 0 bridgehead atoms. The van der Waals surface area contributed by atoms with Gasteiger partial charge in [-0.15, -0.1) is 0 Å². The van der Waals surface area contributed by atoms with E-state index in [0.717, 1.165) is 22.4 Å². The molecule has 1 saturated heterocycles. The van der Waals surface area contributed by atoms with E-state index in [1.807, 2.05) is 24.8 Å². The highest BCUT2D eigenvalue weighted by Crippen LogP contribution is 2.26. The summed E-state index contributed by atoms with van der Waals surface area (Å²) in [5.74, 6) is 0.918. The Morgan fingerprint density at radius 2 is 2.00 bits per heavy atom. The Kier molecular flexibility index (Phi) is 4.65. The molecular weight excluding hydrogens is 254 g/mol. The smallest absolute Gasteiger partial charge is 0.227 e. The van der Waals surface area contributed by atoms with Crippen LogP contribution >= 0.6 is 0 Å². The summed E-state index contributed by atoms with van der Waals surface area (Å²) in [5, 5.41) is 9.50. The predicted molar refractivity (Wildman–Crippen MR) is 78.0 cm³/mol. The van der Waals surface area contributed by atoms with Gasteiger partial charge in [0.05, 0.1) is 19.6 Å². The van der Waals surface area contributed by atoms with Crippen LogP contribution in [0.4, 0.5) is 0 Å². The Balaban J connectivity index is 2.11. The van der Waals surface area contributed by atoms with Gasteiger partial charge in [0.1, 0.15) is 5.75 Å². The largest absolute Gasteiger partial charge is 0.496 e. The van der Waals surface area contributed by atoms with Gasteiger partial charge < -0.3 is 14.7 Å². The number of hydrogen-bond acceptors (Lipinski definition) is 3. The van der Waals surface area contributed by atoms with Crippen molar-refractivity contribution < 1.29 is 14.6 Å². The van der Waals surface area contributed by atoms with Gasteiger partial charge >= 0.3 is 0 Å². The van der Waals surface area contributed by atoms with Crippen LogP contribution in [0.3, 0.4) is 0 Å². The van der Waals surface area contributed by atoms with E-state index in [1.54, 1.807) is 7.11 Å². The molecule has 0 atom stereocenters. The molecule has 1 aromatic carbocycles. The first-order valence-electron chi connectivity index (χ1n) is 7.11. The number of aryl methyl sites for hydroxylation is 2. The number of nitrogens with zero attached hydrogens (tertiary/aromatic N) is 1. The number of amides is 1. The highest BCUT2D eigenvalue weighted by Gasteiger charge is 2.22. The van der Waals surface area contributed by atoms with Gasteiger partial charge in [-0.3, -0.25) is 4.79 Å². The molecule has 0 radical (unpaired) electrons. The number of aliphatic hydroxyl groups is 1. The number of carbonyl (C=O) groups excluding carboxylic acids is 1. The predicted octanol–water partition coefficient (Wildman–Crippen LogP) is 1.84. The molecule has 2 rings (SSSR count). The monoisotopic (exact) mass is 277 g/mol. The van der Waals surface area contributed by atoms with Crippen LogP contribution in [0.5, 0.6) is 5.75 Å². The van der Waals surface area contributed by atoms with E-state index in [9.17, 15) is 9.90 Å². The normalized spacial score (nSPS) is 16.3. The Morgan fingerprint density at radius 3 is 2.60 bits per heavy atom. The van der Waals surface area contributed by atoms with Crippen molar-refractivity contribution in [1.82, 2.24) is 4.90 Å². The second-order valence-corrected chi connectivity index (χ2v) is 5.56. The van der Waals surface area contributed by atoms with Crippen LogP contribution in [0.2, 0.25) is 0 Å². The molecule has 4 nitrogen and oxygen atoms in total. The molecule has 1 heterocycles. The average molecular weight is 277 g/mol. The summed E-state index contributed by atoms with van der Waals surface area (Å²) in [5.41, 5.74) is 3.14. The Labute approximate surface area is 120 Å². The van der Waals surface area contributed by atoms with E-state index in [-0.39, 0.29) is 12.0 Å². The molecule has 1 aliphatic heterocycles. The second kappa shape index (κ2) is 6.27. The molecule has 1 amide bonds. The van der Waals surface area contributed by atoms with Gasteiger partial charge in [0.15, 0.2) is 0 Å². The van der Waals surface area contributed by atoms with Crippen molar-refractivity contribution in [3.63, 3.8) is 0 Å². The van der Waals surface area contributed by atoms with Gasteiger partial charge in [0, 0.05) is 18.7 Å². The molecule has 0 aliphatic carbocycles. The minimum Gasteiger partial charge on any atom is -0.496 e. The summed E-state index contributed by atoms with van der Waals surface area (Å²) in [6.07, 6.45) is 1.46. The summed E-state index contributed by atoms with van der Waals surface area (Å²) >= 11 is 0. The van der Waals surface area contributed by atoms with E-state index in [0.29, 0.717) is 32.4 Å². The van der Waals surface area contributed by atoms with Gasteiger partial charge in [0.2, 0.25) is 5.91 Å². The molecule has 0 unspecified atom stereocenters. The number of methoxy groups -OCH3 is 1. The van der Waals surface area contributed by atoms with E-state index >= 15 is 0 Å². The lowest BCUT2D eigenvalue weighted by Gasteiger charge is -2.30. The zero-order valence-corrected chi connectivity index (χ0v) is 12.5. The standard InChI is InChI=1S/C16H23NO3/c1-11-8-12(2)16(20-3)13(9-11)10-15(19)17-6-4-14(18)5-7-17/h8-9,14,18H,4-7,10H2,1-3H3. The van der Waals surface area contributed by atoms with Crippen molar-refractivity contribution in [3.05, 3.63) is 28.8 Å². The molecule has 1 aromatic rings. The van der Waals surface area contributed by atoms with E-state index < -0.39 is 0 Å². The number of rotatable bonds is 3. The Bertz CT molecular complexity index is 491. The number of likely N-dealkylation sites (tertiary alicyclic amines) is 1. The number of ether oxygens (including phenoxy) is 1. The summed E-state index contributed by atoms with van der Waals surface area (Å²) in [6.45, 7) is 5.31. The SMILES string of the molecule is COc1c(C)cc(C)cc1CC(=O)N1CCC(O)CC1. The van der Waals surface area contributed by atoms with Crippen LogP contribution in [0.1, 0.15) is 29.5 Å². The maximum absolute atomic E-state index is 12.4. The lowest BCUT2D eigenvalue weighted by atomic mass is 10.0. The first-order valence-corrected chi connectivity index (χ1v) is 7.11. The van der Waals surface area contributed by atoms with Crippen LogP contribution in [0, 0.1) is 13.8 Å². The summed E-state index contributed by atoms with van der Waals surface area (Å²) in [7, 11) is 1.64. The Morgan fingerprint density at radius 1 is 1.35 bits per heavy atom. The highest BCUT2D eigenvalue weighted by atomic mass is 16.5. The summed E-state index contributed by atoms with van der Waals surface area (Å²) < 4.78 is 5.43. The lowest BCUT2D eigenvalue weighted by molar-refractivity contribution is -0.132. The van der Waals surface area contributed by atoms with Crippen molar-refractivity contribution >= 4 is 5.91 Å². The third-order valence-electron chi connectivity index (χ3n) is 3.86. The van der Waals surface area contributed by atoms with Gasteiger partial charge in [-0.2, -0.15) is 0 Å². The van der Waals surface area contributed by atoms with Crippen molar-refractivity contribution in [2.45, 2.75) is 39.2 Å². The average Bonchev–Trinajstić information content (AvgIpc) is 2.39. The van der Waals surface area contributed by atoms with E-state index in [2.05, 4.69) is 6.07 Å². The highest BCUT2D eigenvalue weighted by molar-refractivity contribution is 5.80. The maximum atomic E-state index is 12.4. The maximum Gasteiger partial charge on any atom is 0.227 e. The molecule has 1 aliphatic rings. The zero-order chi connectivity index (χ0) is 14.7. The number of piperidine rings is 1. The van der Waals surface area contributed by atoms with Crippen molar-refractivity contribution in [1.29, 1.82) is 0 Å². The van der Waals surface area contributed by atoms with Crippen molar-refractivity contribution in [3.8, 4) is 5.75 Å². The summed E-state index contributed by atoms with van der Waals surface area (Å²) in [4.78, 5) is 14.2. The number of aliphatic hydroxyl groups excluding tert-OH is 1. The quantitative estimate of drug-likeness (QED) is 0.917. The van der Waals surface area contributed by atoms with Crippen LogP contribution in [0.25, 0.3) is 0 Å². The molecule has 0 aromatic heterocycles. The number of carbonyl (C=O) groups is 1. The van der Waals surface area contributed by atoms with Crippen LogP contribution in [-0.4, -0.2) is 42.2 Å². The Hall–Kier alpha value is -1.55. The fourth-order valence-electron chi connectivity index (χ4n) is 2.86. The second-order valence-electron chi connectivity index (χ2n) is 5.56. The molecule has 1 N–H and O–H groups in total. The first-order chi connectivity index (χ1) is 9.51. The van der Waals surface area contributed by atoms with Crippen molar-refractivity contribution in [2.24, 2.45) is 0 Å². The molecule has 4 heteroatoms. The molecule has 1 fully saturated rings. The third-order valence-corrected chi connectivity index (χ3v) is 3.86. The van der Waals surface area contributed by atoms with Gasteiger partial charge in [-0.05, 0) is 32.3 Å². The molecular formula is C16H23NO3. The zero-order valence-electron chi connectivity index (χ0n) is 12.5. The van der Waals surface area contributed by atoms with Crippen LogP contribution in [0.15, 0.2) is 12.1 Å². The molecule has 110 valence electrons. The number of benzene rings is 1. The summed E-state index contributed by atoms with van der Waals surface area (Å²) in [6, 6.07) is 4.08. The van der Waals surface area contributed by atoms with Gasteiger partial charge in [-0.1, -0.05) is 17.7 Å². The topological polar surface area (TPSA) is 49.8 Å². The molecule has 0 saturated carbocycles. The molecule has 0 spiro atoms. The third kappa shape index (κ3) is 3.31. The lowest BCUT2D eigenvalue weighted by Crippen LogP contribution is -2.40. The van der Waals surface area contributed by atoms with E-state index in [1.165, 1.54) is 0 Å². The van der Waals surface area contributed by atoms with Crippen LogP contribution in [-0.2, 0) is 11.2 Å².